The van der Waals surface area contributed by atoms with Gasteiger partial charge in [-0.25, -0.2) is 13.4 Å². The first-order chi connectivity index (χ1) is 14.8. The maximum Gasteiger partial charge on any atom is 0.257 e. The van der Waals surface area contributed by atoms with Gasteiger partial charge >= 0.3 is 0 Å². The van der Waals surface area contributed by atoms with E-state index in [0.29, 0.717) is 42.6 Å². The summed E-state index contributed by atoms with van der Waals surface area (Å²) in [4.78, 5) is 17.0. The molecule has 1 aromatic carbocycles. The Bertz CT molecular complexity index is 1090. The Kier molecular flexibility index (Phi) is 6.57. The van der Waals surface area contributed by atoms with Gasteiger partial charge in [0.25, 0.3) is 5.91 Å². The third kappa shape index (κ3) is 5.23. The topological polar surface area (TPSA) is 97.8 Å². The van der Waals surface area contributed by atoms with E-state index in [1.807, 2.05) is 0 Å². The number of hydrogen-bond acceptors (Lipinski definition) is 6. The largest absolute Gasteiger partial charge is 0.490 e. The first-order valence-electron chi connectivity index (χ1n) is 9.84. The Balaban J connectivity index is 1.53. The van der Waals surface area contributed by atoms with Crippen molar-refractivity contribution in [2.24, 2.45) is 0 Å². The van der Waals surface area contributed by atoms with Crippen LogP contribution in [-0.4, -0.2) is 50.9 Å². The Morgan fingerprint density at radius 3 is 2.68 bits per heavy atom. The maximum atomic E-state index is 12.9. The molecule has 11 heteroatoms. The molecule has 0 aliphatic carbocycles. The molecule has 2 fully saturated rings. The van der Waals surface area contributed by atoms with Crippen molar-refractivity contribution in [1.29, 1.82) is 0 Å². The van der Waals surface area contributed by atoms with E-state index in [9.17, 15) is 13.2 Å². The predicted molar refractivity (Wildman–Crippen MR) is 119 cm³/mol. The van der Waals surface area contributed by atoms with Crippen LogP contribution >= 0.6 is 23.2 Å². The zero-order valence-corrected chi connectivity index (χ0v) is 18.8. The zero-order valence-electron chi connectivity index (χ0n) is 16.5. The second-order valence-electron chi connectivity index (χ2n) is 7.32. The maximum absolute atomic E-state index is 12.9. The molecular formula is C20H21Cl2N3O5S. The highest BCUT2D eigenvalue weighted by molar-refractivity contribution is 7.93. The Labute approximate surface area is 190 Å². The number of anilines is 2. The molecule has 0 saturated carbocycles. The highest BCUT2D eigenvalue weighted by Crippen LogP contribution is 2.29. The summed E-state index contributed by atoms with van der Waals surface area (Å²) < 4.78 is 36.8. The number of hydrogen-bond donors (Lipinski definition) is 1. The van der Waals surface area contributed by atoms with Gasteiger partial charge in [-0.2, -0.15) is 0 Å². The van der Waals surface area contributed by atoms with Gasteiger partial charge < -0.3 is 14.8 Å². The van der Waals surface area contributed by atoms with E-state index in [-0.39, 0.29) is 28.3 Å². The van der Waals surface area contributed by atoms with E-state index in [1.54, 1.807) is 18.2 Å². The number of rotatable bonds is 5. The van der Waals surface area contributed by atoms with E-state index in [0.717, 1.165) is 12.8 Å². The van der Waals surface area contributed by atoms with Gasteiger partial charge in [0.1, 0.15) is 17.7 Å². The van der Waals surface area contributed by atoms with E-state index in [4.69, 9.17) is 32.7 Å². The van der Waals surface area contributed by atoms with Gasteiger partial charge in [0.15, 0.2) is 0 Å². The molecule has 2 aliphatic rings. The molecule has 0 unspecified atom stereocenters. The van der Waals surface area contributed by atoms with Crippen LogP contribution in [0.3, 0.4) is 0 Å². The molecular weight excluding hydrogens is 465 g/mol. The highest BCUT2D eigenvalue weighted by Gasteiger charge is 2.30. The second kappa shape index (κ2) is 9.20. The van der Waals surface area contributed by atoms with Gasteiger partial charge in [0.2, 0.25) is 10.0 Å². The van der Waals surface area contributed by atoms with Crippen LogP contribution in [0.5, 0.6) is 5.75 Å². The molecule has 31 heavy (non-hydrogen) atoms. The summed E-state index contributed by atoms with van der Waals surface area (Å²) >= 11 is 12.4. The third-order valence-corrected chi connectivity index (χ3v) is 7.41. The van der Waals surface area contributed by atoms with Crippen LogP contribution in [0.15, 0.2) is 30.5 Å². The number of aromatic nitrogens is 1. The molecule has 3 heterocycles. The standard InChI is InChI=1S/C20H21Cl2N3O5S/c21-13-8-14(10-16(9-13)30-15-2-5-29-6-3-15)24-20(26)17-11-19(23-12-18(17)22)25-4-1-7-31(25,27)28/h8-12,15H,1-7H2,(H,24,26). The van der Waals surface area contributed by atoms with Crippen molar-refractivity contribution in [2.75, 3.05) is 35.1 Å². The number of nitrogens with zero attached hydrogens (tertiary/aromatic N) is 2. The molecule has 2 saturated heterocycles. The van der Waals surface area contributed by atoms with Gasteiger partial charge in [-0.15, -0.1) is 0 Å². The van der Waals surface area contributed by atoms with E-state index in [1.165, 1.54) is 16.6 Å². The van der Waals surface area contributed by atoms with Crippen LogP contribution in [0.2, 0.25) is 10.0 Å². The molecule has 1 amide bonds. The Morgan fingerprint density at radius 1 is 1.19 bits per heavy atom. The first kappa shape index (κ1) is 22.1. The SMILES string of the molecule is O=C(Nc1cc(Cl)cc(OC2CCOCC2)c1)c1cc(N2CCCS2(=O)=O)ncc1Cl. The van der Waals surface area contributed by atoms with E-state index >= 15 is 0 Å². The summed E-state index contributed by atoms with van der Waals surface area (Å²) in [5.74, 6) is 0.252. The van der Waals surface area contributed by atoms with E-state index < -0.39 is 15.9 Å². The smallest absolute Gasteiger partial charge is 0.257 e. The van der Waals surface area contributed by atoms with Crippen molar-refractivity contribution >= 4 is 50.6 Å². The van der Waals surface area contributed by atoms with Crippen molar-refractivity contribution in [3.05, 3.63) is 46.1 Å². The molecule has 0 atom stereocenters. The lowest BCUT2D eigenvalue weighted by atomic mass is 10.1. The van der Waals surface area contributed by atoms with Crippen molar-refractivity contribution < 1.29 is 22.7 Å². The quantitative estimate of drug-likeness (QED) is 0.692. The zero-order chi connectivity index (χ0) is 22.0. The minimum absolute atomic E-state index is 0.0235. The van der Waals surface area contributed by atoms with Gasteiger partial charge in [0.05, 0.1) is 29.6 Å². The molecule has 166 valence electrons. The molecule has 1 aromatic heterocycles. The summed E-state index contributed by atoms with van der Waals surface area (Å²) in [6.45, 7) is 1.61. The summed E-state index contributed by atoms with van der Waals surface area (Å²) in [5, 5.41) is 3.26. The number of carbonyl (C=O) groups excluding carboxylic acids is 1. The summed E-state index contributed by atoms with van der Waals surface area (Å²) in [6.07, 6.45) is 3.37. The lowest BCUT2D eigenvalue weighted by molar-refractivity contribution is 0.0256. The minimum atomic E-state index is -3.43. The molecule has 2 aliphatic heterocycles. The average molecular weight is 486 g/mol. The fourth-order valence-corrected chi connectivity index (χ4v) is 5.44. The lowest BCUT2D eigenvalue weighted by Gasteiger charge is -2.23. The molecule has 0 spiro atoms. The molecule has 0 bridgehead atoms. The van der Waals surface area contributed by atoms with Crippen LogP contribution in [0.1, 0.15) is 29.6 Å². The van der Waals surface area contributed by atoms with Crippen LogP contribution in [-0.2, 0) is 14.8 Å². The number of sulfonamides is 1. The Morgan fingerprint density at radius 2 is 1.97 bits per heavy atom. The lowest BCUT2D eigenvalue weighted by Crippen LogP contribution is -2.26. The summed E-state index contributed by atoms with van der Waals surface area (Å²) in [5.41, 5.74) is 0.545. The van der Waals surface area contributed by atoms with Crippen LogP contribution < -0.4 is 14.4 Å². The summed E-state index contributed by atoms with van der Waals surface area (Å²) in [6, 6.07) is 6.34. The van der Waals surface area contributed by atoms with Crippen LogP contribution in [0.25, 0.3) is 0 Å². The molecule has 2 aromatic rings. The van der Waals surface area contributed by atoms with Gasteiger partial charge in [-0.3, -0.25) is 9.10 Å². The second-order valence-corrected chi connectivity index (χ2v) is 10.2. The van der Waals surface area contributed by atoms with Crippen molar-refractivity contribution in [1.82, 2.24) is 4.98 Å². The van der Waals surface area contributed by atoms with Gasteiger partial charge in [-0.05, 0) is 24.6 Å². The fraction of sp³-hybridized carbons (Fsp3) is 0.400. The normalized spacial score (nSPS) is 18.7. The fourth-order valence-electron chi connectivity index (χ4n) is 3.52. The van der Waals surface area contributed by atoms with E-state index in [2.05, 4.69) is 10.3 Å². The van der Waals surface area contributed by atoms with Crippen LogP contribution in [0.4, 0.5) is 11.5 Å². The van der Waals surface area contributed by atoms with Gasteiger partial charge in [-0.1, -0.05) is 23.2 Å². The molecule has 4 rings (SSSR count). The number of nitrogens with one attached hydrogen (secondary N) is 1. The Hall–Kier alpha value is -2.07. The molecule has 8 nitrogen and oxygen atoms in total. The minimum Gasteiger partial charge on any atom is -0.490 e. The number of halogens is 2. The van der Waals surface area contributed by atoms with Gasteiger partial charge in [0, 0.05) is 42.4 Å². The summed E-state index contributed by atoms with van der Waals surface area (Å²) in [7, 11) is -3.43. The molecule has 0 radical (unpaired) electrons. The van der Waals surface area contributed by atoms with Crippen molar-refractivity contribution in [2.45, 2.75) is 25.4 Å². The monoisotopic (exact) mass is 485 g/mol. The number of ether oxygens (including phenoxy) is 2. The number of benzene rings is 1. The number of amides is 1. The van der Waals surface area contributed by atoms with Crippen molar-refractivity contribution in [3.63, 3.8) is 0 Å². The number of carbonyl (C=O) groups is 1. The highest BCUT2D eigenvalue weighted by atomic mass is 35.5. The van der Waals surface area contributed by atoms with Crippen LogP contribution in [0, 0.1) is 0 Å². The van der Waals surface area contributed by atoms with Crippen molar-refractivity contribution in [3.8, 4) is 5.75 Å². The predicted octanol–water partition coefficient (Wildman–Crippen LogP) is 3.74. The average Bonchev–Trinajstić information content (AvgIpc) is 3.07. The third-order valence-electron chi connectivity index (χ3n) is 5.04. The number of pyridine rings is 1. The first-order valence-corrected chi connectivity index (χ1v) is 12.2. The molecule has 1 N–H and O–H groups in total.